The second kappa shape index (κ2) is 7.38. The van der Waals surface area contributed by atoms with Gasteiger partial charge in [0.2, 0.25) is 5.95 Å². The van der Waals surface area contributed by atoms with Crippen molar-refractivity contribution in [3.63, 3.8) is 0 Å². The van der Waals surface area contributed by atoms with Gasteiger partial charge in [-0.3, -0.25) is 0 Å². The number of rotatable bonds is 2. The zero-order chi connectivity index (χ0) is 22.0. The van der Waals surface area contributed by atoms with E-state index in [1.54, 1.807) is 0 Å². The minimum Gasteiger partial charge on any atom is -0.389 e. The molecule has 0 spiro atoms. The molecule has 10 heteroatoms. The summed E-state index contributed by atoms with van der Waals surface area (Å²) in [7, 11) is 2.82. The Balaban J connectivity index is 1.61. The normalized spacial score (nSPS) is 19.5. The van der Waals surface area contributed by atoms with Crippen molar-refractivity contribution in [3.8, 4) is 6.07 Å². The predicted molar refractivity (Wildman–Crippen MR) is 126 cm³/mol. The Morgan fingerprint density at radius 3 is 2.84 bits per heavy atom. The van der Waals surface area contributed by atoms with Crippen LogP contribution in [0.2, 0.25) is 0 Å². The van der Waals surface area contributed by atoms with Crippen LogP contribution in [0.3, 0.4) is 0 Å². The lowest BCUT2D eigenvalue weighted by molar-refractivity contribution is 0.134. The van der Waals surface area contributed by atoms with Gasteiger partial charge in [-0.1, -0.05) is 0 Å². The van der Waals surface area contributed by atoms with Gasteiger partial charge in [0.1, 0.15) is 11.1 Å². The fourth-order valence-corrected chi connectivity index (χ4v) is 6.49. The number of nitrogens with zero attached hydrogens (tertiary/aromatic N) is 4. The SMILES string of the molecule is N#Cc1c(N)sc2c1C(c1c3c(c4cnc(N5CCCC5)nc4c1P)COC3)NC=C2F. The van der Waals surface area contributed by atoms with E-state index in [1.807, 2.05) is 6.20 Å². The smallest absolute Gasteiger partial charge is 0.225 e. The lowest BCUT2D eigenvalue weighted by Crippen LogP contribution is -2.28. The first-order chi connectivity index (χ1) is 15.6. The molecule has 2 aromatic heterocycles. The van der Waals surface area contributed by atoms with Crippen LogP contribution in [0.4, 0.5) is 15.3 Å². The van der Waals surface area contributed by atoms with E-state index in [9.17, 15) is 9.65 Å². The number of benzene rings is 1. The molecule has 7 nitrogen and oxygen atoms in total. The molecule has 1 aromatic carbocycles. The molecule has 3 N–H and O–H groups in total. The summed E-state index contributed by atoms with van der Waals surface area (Å²) >= 11 is 1.11. The maximum Gasteiger partial charge on any atom is 0.225 e. The van der Waals surface area contributed by atoms with Gasteiger partial charge in [0, 0.05) is 41.7 Å². The van der Waals surface area contributed by atoms with Crippen molar-refractivity contribution in [2.24, 2.45) is 0 Å². The lowest BCUT2D eigenvalue weighted by atomic mass is 9.88. The molecule has 2 unspecified atom stereocenters. The Labute approximate surface area is 190 Å². The van der Waals surface area contributed by atoms with Crippen LogP contribution in [0.5, 0.6) is 0 Å². The first kappa shape index (κ1) is 19.9. The lowest BCUT2D eigenvalue weighted by Gasteiger charge is -2.27. The number of fused-ring (bicyclic) bond motifs is 4. The first-order valence-corrected chi connectivity index (χ1v) is 11.8. The second-order valence-electron chi connectivity index (χ2n) is 8.19. The quantitative estimate of drug-likeness (QED) is 0.560. The molecule has 32 heavy (non-hydrogen) atoms. The van der Waals surface area contributed by atoms with Crippen molar-refractivity contribution in [1.82, 2.24) is 15.3 Å². The summed E-state index contributed by atoms with van der Waals surface area (Å²) in [6, 6.07) is 1.75. The summed E-state index contributed by atoms with van der Waals surface area (Å²) in [6.07, 6.45) is 5.53. The number of ether oxygens (including phenoxy) is 1. The molecule has 1 saturated heterocycles. The summed E-state index contributed by atoms with van der Waals surface area (Å²) in [5.74, 6) is 0.316. The van der Waals surface area contributed by atoms with Crippen LogP contribution < -0.4 is 21.3 Å². The number of hydrogen-bond donors (Lipinski definition) is 2. The highest BCUT2D eigenvalue weighted by molar-refractivity contribution is 7.28. The molecule has 6 rings (SSSR count). The number of nitriles is 1. The Hall–Kier alpha value is -2.79. The fraction of sp³-hybridized carbons (Fsp3) is 0.318. The van der Waals surface area contributed by atoms with Gasteiger partial charge in [-0.2, -0.15) is 5.26 Å². The van der Waals surface area contributed by atoms with Crippen LogP contribution >= 0.6 is 20.6 Å². The molecule has 0 saturated carbocycles. The summed E-state index contributed by atoms with van der Waals surface area (Å²) < 4.78 is 20.5. The number of nitrogen functional groups attached to an aromatic ring is 1. The minimum atomic E-state index is -0.426. The molecule has 3 aliphatic rings. The molecule has 162 valence electrons. The molecule has 0 aliphatic carbocycles. The molecule has 0 bridgehead atoms. The van der Waals surface area contributed by atoms with Gasteiger partial charge in [-0.25, -0.2) is 14.4 Å². The zero-order valence-corrected chi connectivity index (χ0v) is 19.1. The minimum absolute atomic E-state index is 0.323. The molecular weight excluding hydrogens is 446 g/mol. The third-order valence-corrected chi connectivity index (χ3v) is 8.10. The highest BCUT2D eigenvalue weighted by Crippen LogP contribution is 2.46. The second-order valence-corrected chi connectivity index (χ2v) is 9.82. The number of nitrogens with two attached hydrogens (primary N) is 1. The number of nitrogens with one attached hydrogen (secondary N) is 1. The average molecular weight is 466 g/mol. The van der Waals surface area contributed by atoms with Crippen molar-refractivity contribution < 1.29 is 9.13 Å². The zero-order valence-electron chi connectivity index (χ0n) is 17.1. The van der Waals surface area contributed by atoms with Gasteiger partial charge < -0.3 is 20.7 Å². The monoisotopic (exact) mass is 466 g/mol. The van der Waals surface area contributed by atoms with Crippen LogP contribution in [0, 0.1) is 11.3 Å². The van der Waals surface area contributed by atoms with Gasteiger partial charge in [0.15, 0.2) is 5.83 Å². The van der Waals surface area contributed by atoms with E-state index in [-0.39, 0.29) is 0 Å². The molecule has 3 aliphatic heterocycles. The summed E-state index contributed by atoms with van der Waals surface area (Å²) in [4.78, 5) is 12.2. The van der Waals surface area contributed by atoms with E-state index in [0.29, 0.717) is 34.2 Å². The van der Waals surface area contributed by atoms with Crippen molar-refractivity contribution in [1.29, 1.82) is 5.26 Å². The molecule has 3 aromatic rings. The highest BCUT2D eigenvalue weighted by Gasteiger charge is 2.35. The van der Waals surface area contributed by atoms with Gasteiger partial charge in [-0.15, -0.1) is 20.6 Å². The van der Waals surface area contributed by atoms with E-state index >= 15 is 0 Å². The Morgan fingerprint density at radius 1 is 1.28 bits per heavy atom. The van der Waals surface area contributed by atoms with E-state index in [2.05, 4.69) is 30.5 Å². The standard InChI is InChI=1S/C22H20FN6OPS/c23-14-7-26-18(16-10(5-24)21(25)32-20(14)16)15-13-9-30-8-12(13)11-6-27-22(28-17(11)19(15)31)29-3-1-2-4-29/h6-7,18,26H,1-4,8-9,25,31H2. The van der Waals surface area contributed by atoms with Crippen LogP contribution in [-0.4, -0.2) is 23.1 Å². The largest absolute Gasteiger partial charge is 0.389 e. The van der Waals surface area contributed by atoms with Crippen LogP contribution in [0.25, 0.3) is 16.7 Å². The molecule has 0 amide bonds. The summed E-state index contributed by atoms with van der Waals surface area (Å²) in [5.41, 5.74) is 10.9. The maximum atomic E-state index is 14.6. The van der Waals surface area contributed by atoms with Crippen LogP contribution in [-0.2, 0) is 18.0 Å². The highest BCUT2D eigenvalue weighted by atomic mass is 32.1. The van der Waals surface area contributed by atoms with Crippen molar-refractivity contribution >= 4 is 53.6 Å². The van der Waals surface area contributed by atoms with E-state index in [0.717, 1.165) is 76.1 Å². The molecule has 5 heterocycles. The maximum absolute atomic E-state index is 14.6. The summed E-state index contributed by atoms with van der Waals surface area (Å²) in [5, 5.41) is 15.1. The predicted octanol–water partition coefficient (Wildman–Crippen LogP) is 3.24. The van der Waals surface area contributed by atoms with Gasteiger partial charge in [0.25, 0.3) is 0 Å². The molecular formula is C22H20FN6OPS. The Kier molecular flexibility index (Phi) is 4.58. The molecule has 0 radical (unpaired) electrons. The topological polar surface area (TPSA) is 100 Å². The van der Waals surface area contributed by atoms with E-state index < -0.39 is 11.9 Å². The average Bonchev–Trinajstić information content (AvgIpc) is 3.55. The van der Waals surface area contributed by atoms with Crippen molar-refractivity contribution in [2.45, 2.75) is 32.1 Å². The molecule has 2 atom stereocenters. The van der Waals surface area contributed by atoms with Gasteiger partial charge in [0.05, 0.1) is 35.2 Å². The summed E-state index contributed by atoms with van der Waals surface area (Å²) in [6.45, 7) is 2.82. The van der Waals surface area contributed by atoms with Crippen LogP contribution in [0.1, 0.15) is 51.6 Å². The van der Waals surface area contributed by atoms with Crippen LogP contribution in [0.15, 0.2) is 12.4 Å². The van der Waals surface area contributed by atoms with Crippen molar-refractivity contribution in [3.05, 3.63) is 45.1 Å². The third-order valence-electron chi connectivity index (χ3n) is 6.47. The fourth-order valence-electron chi connectivity index (χ4n) is 4.96. The van der Waals surface area contributed by atoms with E-state index in [4.69, 9.17) is 15.5 Å². The van der Waals surface area contributed by atoms with Gasteiger partial charge in [-0.05, 0) is 29.5 Å². The number of halogens is 1. The number of thiophene rings is 1. The van der Waals surface area contributed by atoms with Crippen molar-refractivity contribution in [2.75, 3.05) is 23.7 Å². The number of hydrogen-bond acceptors (Lipinski definition) is 8. The molecule has 1 fully saturated rings. The number of anilines is 2. The van der Waals surface area contributed by atoms with E-state index in [1.165, 1.54) is 6.20 Å². The third kappa shape index (κ3) is 2.77. The number of aromatic nitrogens is 2. The Morgan fingerprint density at radius 2 is 2.06 bits per heavy atom. The Bertz CT molecular complexity index is 1360. The van der Waals surface area contributed by atoms with Gasteiger partial charge >= 0.3 is 0 Å². The first-order valence-electron chi connectivity index (χ1n) is 10.4.